The van der Waals surface area contributed by atoms with E-state index in [2.05, 4.69) is 15.3 Å². The highest BCUT2D eigenvalue weighted by molar-refractivity contribution is 5.89. The lowest BCUT2D eigenvalue weighted by atomic mass is 10.1. The Morgan fingerprint density at radius 1 is 1.12 bits per heavy atom. The van der Waals surface area contributed by atoms with Crippen molar-refractivity contribution in [3.63, 3.8) is 0 Å². The van der Waals surface area contributed by atoms with Crippen molar-refractivity contribution in [2.75, 3.05) is 0 Å². The highest BCUT2D eigenvalue weighted by atomic mass is 16.6. The molecular weight excluding hydrogens is 320 g/mol. The van der Waals surface area contributed by atoms with Crippen LogP contribution in [0.4, 0.5) is 0 Å². The molecule has 0 fully saturated rings. The van der Waals surface area contributed by atoms with Crippen molar-refractivity contribution in [3.05, 3.63) is 66.5 Å². The molecule has 0 aliphatic rings. The molecule has 25 heavy (non-hydrogen) atoms. The van der Waals surface area contributed by atoms with Crippen LogP contribution in [0.1, 0.15) is 11.6 Å². The zero-order valence-electron chi connectivity index (χ0n) is 13.1. The van der Waals surface area contributed by atoms with E-state index >= 15 is 0 Å². The molecule has 1 N–H and O–H groups in total. The van der Waals surface area contributed by atoms with Crippen LogP contribution < -0.4 is 0 Å². The first-order chi connectivity index (χ1) is 12.2. The van der Waals surface area contributed by atoms with Crippen molar-refractivity contribution in [3.8, 4) is 11.4 Å². The fourth-order valence-corrected chi connectivity index (χ4v) is 2.90. The van der Waals surface area contributed by atoms with Crippen molar-refractivity contribution in [1.29, 1.82) is 0 Å². The molecule has 0 spiro atoms. The molecule has 2 aromatic carbocycles. The predicted molar refractivity (Wildman–Crippen MR) is 89.8 cm³/mol. The van der Waals surface area contributed by atoms with Gasteiger partial charge in [0.1, 0.15) is 22.9 Å². The molecule has 0 bridgehead atoms. The average molecular weight is 334 g/mol. The molecule has 7 nitrogen and oxygen atoms in total. The van der Waals surface area contributed by atoms with Crippen molar-refractivity contribution in [2.45, 2.75) is 12.5 Å². The molecule has 124 valence electrons. The van der Waals surface area contributed by atoms with Gasteiger partial charge in [0, 0.05) is 24.4 Å². The smallest absolute Gasteiger partial charge is 0.327 e. The summed E-state index contributed by atoms with van der Waals surface area (Å²) in [5, 5.41) is 17.5. The maximum atomic E-state index is 11.9. The summed E-state index contributed by atoms with van der Waals surface area (Å²) in [4.78, 5) is 16.3. The fourth-order valence-electron chi connectivity index (χ4n) is 2.90. The lowest BCUT2D eigenvalue weighted by molar-refractivity contribution is -0.140. The Kier molecular flexibility index (Phi) is 3.74. The second-order valence-electron chi connectivity index (χ2n) is 5.64. The van der Waals surface area contributed by atoms with E-state index in [1.807, 2.05) is 42.5 Å². The number of imidazole rings is 1. The van der Waals surface area contributed by atoms with Crippen molar-refractivity contribution in [2.24, 2.45) is 0 Å². The van der Waals surface area contributed by atoms with Crippen LogP contribution in [0.3, 0.4) is 0 Å². The summed E-state index contributed by atoms with van der Waals surface area (Å²) in [6, 6.07) is 14.1. The normalized spacial score (nSPS) is 12.3. The van der Waals surface area contributed by atoms with Crippen LogP contribution in [0.2, 0.25) is 0 Å². The van der Waals surface area contributed by atoms with E-state index in [9.17, 15) is 9.90 Å². The Labute approximate surface area is 142 Å². The number of carboxylic acids is 1. The Morgan fingerprint density at radius 3 is 2.76 bits per heavy atom. The highest BCUT2D eigenvalue weighted by Gasteiger charge is 2.24. The van der Waals surface area contributed by atoms with Crippen LogP contribution in [0.5, 0.6) is 0 Å². The number of fused-ring (bicyclic) bond motifs is 1. The van der Waals surface area contributed by atoms with Crippen LogP contribution in [-0.2, 0) is 11.2 Å². The minimum absolute atomic E-state index is 0.354. The molecule has 0 aliphatic heterocycles. The summed E-state index contributed by atoms with van der Waals surface area (Å²) >= 11 is 0. The van der Waals surface area contributed by atoms with E-state index in [0.29, 0.717) is 28.8 Å². The summed E-state index contributed by atoms with van der Waals surface area (Å²) in [7, 11) is 0. The van der Waals surface area contributed by atoms with Gasteiger partial charge in [-0.1, -0.05) is 36.4 Å². The third-order valence-electron chi connectivity index (χ3n) is 4.09. The third kappa shape index (κ3) is 2.76. The van der Waals surface area contributed by atoms with Gasteiger partial charge in [-0.2, -0.15) is 0 Å². The molecule has 2 heterocycles. The number of carboxylic acid groups (broad SMARTS) is 1. The molecule has 0 aliphatic carbocycles. The molecule has 2 aromatic heterocycles. The van der Waals surface area contributed by atoms with Crippen molar-refractivity contribution < 1.29 is 14.5 Å². The van der Waals surface area contributed by atoms with Crippen LogP contribution in [0.25, 0.3) is 22.4 Å². The first kappa shape index (κ1) is 15.1. The zero-order chi connectivity index (χ0) is 17.2. The lowest BCUT2D eigenvalue weighted by Crippen LogP contribution is -2.21. The van der Waals surface area contributed by atoms with Crippen LogP contribution in [0, 0.1) is 0 Å². The topological polar surface area (TPSA) is 94.0 Å². The number of rotatable bonds is 5. The van der Waals surface area contributed by atoms with E-state index in [0.717, 1.165) is 5.56 Å². The Morgan fingerprint density at radius 2 is 1.96 bits per heavy atom. The number of nitrogens with zero attached hydrogens (tertiary/aromatic N) is 4. The van der Waals surface area contributed by atoms with Crippen molar-refractivity contribution in [1.82, 2.24) is 19.9 Å². The van der Waals surface area contributed by atoms with Gasteiger partial charge in [-0.05, 0) is 28.0 Å². The second kappa shape index (κ2) is 6.20. The fraction of sp³-hybridized carbons (Fsp3) is 0.111. The highest BCUT2D eigenvalue weighted by Crippen LogP contribution is 2.28. The monoisotopic (exact) mass is 334 g/mol. The molecule has 4 rings (SSSR count). The average Bonchev–Trinajstić information content (AvgIpc) is 3.29. The Balaban J connectivity index is 1.79. The van der Waals surface area contributed by atoms with Gasteiger partial charge in [-0.3, -0.25) is 0 Å². The van der Waals surface area contributed by atoms with E-state index in [1.54, 1.807) is 23.0 Å². The van der Waals surface area contributed by atoms with Crippen LogP contribution in [0.15, 0.2) is 65.6 Å². The summed E-state index contributed by atoms with van der Waals surface area (Å²) in [5.41, 5.74) is 2.78. The van der Waals surface area contributed by atoms with Crippen LogP contribution >= 0.6 is 0 Å². The molecule has 0 radical (unpaired) electrons. The number of hydrogen-bond donors (Lipinski definition) is 1. The van der Waals surface area contributed by atoms with E-state index < -0.39 is 12.0 Å². The molecule has 0 saturated carbocycles. The minimum atomic E-state index is -0.923. The Bertz CT molecular complexity index is 1020. The first-order valence-electron chi connectivity index (χ1n) is 7.75. The van der Waals surface area contributed by atoms with Gasteiger partial charge in [0.15, 0.2) is 0 Å². The molecule has 4 aromatic rings. The van der Waals surface area contributed by atoms with Gasteiger partial charge in [0.25, 0.3) is 0 Å². The maximum Gasteiger partial charge on any atom is 0.327 e. The van der Waals surface area contributed by atoms with Gasteiger partial charge in [0.2, 0.25) is 0 Å². The predicted octanol–water partition coefficient (Wildman–Crippen LogP) is 2.95. The zero-order valence-corrected chi connectivity index (χ0v) is 13.1. The van der Waals surface area contributed by atoms with Gasteiger partial charge >= 0.3 is 5.97 Å². The number of hydrogen-bond acceptors (Lipinski definition) is 5. The molecule has 7 heteroatoms. The summed E-state index contributed by atoms with van der Waals surface area (Å²) < 4.78 is 6.45. The molecular formula is C18H14N4O3. The van der Waals surface area contributed by atoms with E-state index in [1.165, 1.54) is 0 Å². The standard InChI is InChI=1S/C18H14N4O3/c23-18(24)15(11-12-5-2-1-3-6-12)22-10-9-19-17(22)13-7-4-8-14-16(13)21-25-20-14/h1-10,15H,11H2,(H,23,24). The number of aromatic nitrogens is 4. The number of benzene rings is 2. The SMILES string of the molecule is O=C(O)C(Cc1ccccc1)n1ccnc1-c1cccc2nonc12. The molecule has 1 unspecified atom stereocenters. The Hall–Kier alpha value is -3.48. The quantitative estimate of drug-likeness (QED) is 0.603. The second-order valence-corrected chi connectivity index (χ2v) is 5.64. The van der Waals surface area contributed by atoms with Crippen LogP contribution in [-0.4, -0.2) is 30.9 Å². The van der Waals surface area contributed by atoms with Crippen molar-refractivity contribution >= 4 is 17.0 Å². The first-order valence-corrected chi connectivity index (χ1v) is 7.75. The third-order valence-corrected chi connectivity index (χ3v) is 4.09. The molecule has 0 amide bonds. The number of carbonyl (C=O) groups is 1. The largest absolute Gasteiger partial charge is 0.480 e. The van der Waals surface area contributed by atoms with Gasteiger partial charge in [0.05, 0.1) is 0 Å². The molecule has 0 saturated heterocycles. The molecule has 1 atom stereocenters. The number of aliphatic carboxylic acids is 1. The minimum Gasteiger partial charge on any atom is -0.480 e. The van der Waals surface area contributed by atoms with Gasteiger partial charge in [-0.25, -0.2) is 14.4 Å². The van der Waals surface area contributed by atoms with Gasteiger partial charge in [-0.15, -0.1) is 0 Å². The van der Waals surface area contributed by atoms with E-state index in [4.69, 9.17) is 4.63 Å². The van der Waals surface area contributed by atoms with Gasteiger partial charge < -0.3 is 9.67 Å². The maximum absolute atomic E-state index is 11.9. The summed E-state index contributed by atoms with van der Waals surface area (Å²) in [6.45, 7) is 0. The van der Waals surface area contributed by atoms with E-state index in [-0.39, 0.29) is 0 Å². The summed E-state index contributed by atoms with van der Waals surface area (Å²) in [5.74, 6) is -0.404. The lowest BCUT2D eigenvalue weighted by Gasteiger charge is -2.17. The summed E-state index contributed by atoms with van der Waals surface area (Å²) in [6.07, 6.45) is 3.61.